The highest BCUT2D eigenvalue weighted by Crippen LogP contribution is 2.30. The van der Waals surface area contributed by atoms with E-state index in [1.165, 1.54) is 0 Å². The van der Waals surface area contributed by atoms with Gasteiger partial charge in [0, 0.05) is 13.1 Å². The van der Waals surface area contributed by atoms with Gasteiger partial charge in [0.25, 0.3) is 5.91 Å². The first-order chi connectivity index (χ1) is 7.61. The van der Waals surface area contributed by atoms with Gasteiger partial charge in [-0.25, -0.2) is 0 Å². The Hall–Kier alpha value is -0.730. The minimum atomic E-state index is -0.00981. The molecule has 1 fully saturated rings. The second-order valence-corrected chi connectivity index (χ2v) is 4.81. The summed E-state index contributed by atoms with van der Waals surface area (Å²) in [5.74, 6) is -0.00981. The lowest BCUT2D eigenvalue weighted by atomic mass is 10.1. The van der Waals surface area contributed by atoms with Crippen molar-refractivity contribution in [2.45, 2.75) is 19.8 Å². The first-order valence-electron chi connectivity index (χ1n) is 5.35. The van der Waals surface area contributed by atoms with Crippen LogP contribution in [0.2, 0.25) is 10.0 Å². The molecule has 0 atom stereocenters. The standard InChI is InChI=1S/C12H13Cl2NO/c1-8-4-5-9(11(14)10(8)13)12(16)15-6-2-3-7-15/h4-5H,2-3,6-7H2,1H3. The van der Waals surface area contributed by atoms with Crippen LogP contribution in [-0.2, 0) is 0 Å². The van der Waals surface area contributed by atoms with Gasteiger partial charge in [-0.3, -0.25) is 4.79 Å². The van der Waals surface area contributed by atoms with Crippen molar-refractivity contribution >= 4 is 29.1 Å². The summed E-state index contributed by atoms with van der Waals surface area (Å²) in [6, 6.07) is 3.59. The molecule has 1 aliphatic heterocycles. The fourth-order valence-corrected chi connectivity index (χ4v) is 2.36. The predicted octanol–water partition coefficient (Wildman–Crippen LogP) is 3.54. The van der Waals surface area contributed by atoms with Gasteiger partial charge < -0.3 is 4.90 Å². The molecule has 1 aromatic carbocycles. The maximum absolute atomic E-state index is 12.1. The monoisotopic (exact) mass is 257 g/mol. The van der Waals surface area contributed by atoms with Crippen molar-refractivity contribution in [1.29, 1.82) is 0 Å². The second-order valence-electron chi connectivity index (χ2n) is 4.06. The molecule has 4 heteroatoms. The van der Waals surface area contributed by atoms with E-state index in [1.54, 1.807) is 6.07 Å². The molecule has 0 saturated carbocycles. The molecule has 1 saturated heterocycles. The maximum Gasteiger partial charge on any atom is 0.255 e. The van der Waals surface area contributed by atoms with Gasteiger partial charge in [0.05, 0.1) is 15.6 Å². The number of halogens is 2. The number of benzene rings is 1. The summed E-state index contributed by atoms with van der Waals surface area (Å²) >= 11 is 12.1. The molecule has 0 unspecified atom stereocenters. The second kappa shape index (κ2) is 4.64. The van der Waals surface area contributed by atoms with Crippen LogP contribution in [0.1, 0.15) is 28.8 Å². The van der Waals surface area contributed by atoms with Crippen molar-refractivity contribution in [3.8, 4) is 0 Å². The minimum absolute atomic E-state index is 0.00981. The Morgan fingerprint density at radius 3 is 2.44 bits per heavy atom. The Labute approximate surface area is 105 Å². The zero-order valence-corrected chi connectivity index (χ0v) is 10.6. The third kappa shape index (κ3) is 2.04. The number of likely N-dealkylation sites (tertiary alicyclic amines) is 1. The lowest BCUT2D eigenvalue weighted by Crippen LogP contribution is -2.27. The van der Waals surface area contributed by atoms with Crippen LogP contribution in [0.25, 0.3) is 0 Å². The van der Waals surface area contributed by atoms with Gasteiger partial charge in [0.2, 0.25) is 0 Å². The number of amides is 1. The van der Waals surface area contributed by atoms with E-state index >= 15 is 0 Å². The first-order valence-corrected chi connectivity index (χ1v) is 6.10. The topological polar surface area (TPSA) is 20.3 Å². The van der Waals surface area contributed by atoms with Crippen LogP contribution < -0.4 is 0 Å². The summed E-state index contributed by atoms with van der Waals surface area (Å²) < 4.78 is 0. The summed E-state index contributed by atoms with van der Waals surface area (Å²) in [5.41, 5.74) is 1.41. The molecule has 1 aromatic rings. The van der Waals surface area contributed by atoms with Crippen LogP contribution in [0.4, 0.5) is 0 Å². The van der Waals surface area contributed by atoms with Gasteiger partial charge in [0.1, 0.15) is 0 Å². The van der Waals surface area contributed by atoms with Crippen LogP contribution in [-0.4, -0.2) is 23.9 Å². The normalized spacial score (nSPS) is 15.6. The van der Waals surface area contributed by atoms with Crippen LogP contribution in [0, 0.1) is 6.92 Å². The van der Waals surface area contributed by atoms with E-state index in [9.17, 15) is 4.79 Å². The Balaban J connectivity index is 2.33. The number of hydrogen-bond donors (Lipinski definition) is 0. The highest BCUT2D eigenvalue weighted by atomic mass is 35.5. The van der Waals surface area contributed by atoms with Gasteiger partial charge in [-0.15, -0.1) is 0 Å². The molecule has 86 valence electrons. The zero-order chi connectivity index (χ0) is 11.7. The van der Waals surface area contributed by atoms with Crippen LogP contribution in [0.3, 0.4) is 0 Å². The van der Waals surface area contributed by atoms with E-state index in [1.807, 2.05) is 17.9 Å². The van der Waals surface area contributed by atoms with Gasteiger partial charge in [-0.05, 0) is 31.4 Å². The number of carbonyl (C=O) groups is 1. The minimum Gasteiger partial charge on any atom is -0.339 e. The molecular formula is C12H13Cl2NO. The predicted molar refractivity (Wildman–Crippen MR) is 66.3 cm³/mol. The molecule has 1 heterocycles. The van der Waals surface area contributed by atoms with Crippen molar-refractivity contribution in [2.24, 2.45) is 0 Å². The van der Waals surface area contributed by atoms with Crippen molar-refractivity contribution in [3.63, 3.8) is 0 Å². The van der Waals surface area contributed by atoms with Gasteiger partial charge in [-0.1, -0.05) is 29.3 Å². The van der Waals surface area contributed by atoms with Crippen molar-refractivity contribution in [2.75, 3.05) is 13.1 Å². The van der Waals surface area contributed by atoms with E-state index in [4.69, 9.17) is 23.2 Å². The highest BCUT2D eigenvalue weighted by Gasteiger charge is 2.22. The van der Waals surface area contributed by atoms with E-state index in [0.29, 0.717) is 15.6 Å². The van der Waals surface area contributed by atoms with E-state index in [0.717, 1.165) is 31.5 Å². The smallest absolute Gasteiger partial charge is 0.255 e. The van der Waals surface area contributed by atoms with Gasteiger partial charge >= 0.3 is 0 Å². The fraction of sp³-hybridized carbons (Fsp3) is 0.417. The van der Waals surface area contributed by atoms with Crippen LogP contribution in [0.5, 0.6) is 0 Å². The Kier molecular flexibility index (Phi) is 3.41. The van der Waals surface area contributed by atoms with Gasteiger partial charge in [0.15, 0.2) is 0 Å². The van der Waals surface area contributed by atoms with E-state index in [2.05, 4.69) is 0 Å². The quantitative estimate of drug-likeness (QED) is 0.754. The van der Waals surface area contributed by atoms with Crippen molar-refractivity contribution < 1.29 is 4.79 Å². The number of rotatable bonds is 1. The lowest BCUT2D eigenvalue weighted by molar-refractivity contribution is 0.0793. The van der Waals surface area contributed by atoms with Crippen LogP contribution in [0.15, 0.2) is 12.1 Å². The number of aryl methyl sites for hydroxylation is 1. The molecular weight excluding hydrogens is 245 g/mol. The maximum atomic E-state index is 12.1. The van der Waals surface area contributed by atoms with Gasteiger partial charge in [-0.2, -0.15) is 0 Å². The molecule has 0 radical (unpaired) electrons. The summed E-state index contributed by atoms with van der Waals surface area (Å²) in [6.07, 6.45) is 2.14. The summed E-state index contributed by atoms with van der Waals surface area (Å²) in [5, 5.41) is 0.852. The third-order valence-electron chi connectivity index (χ3n) is 2.90. The van der Waals surface area contributed by atoms with E-state index < -0.39 is 0 Å². The summed E-state index contributed by atoms with van der Waals surface area (Å²) in [6.45, 7) is 3.51. The molecule has 1 aliphatic rings. The molecule has 0 N–H and O–H groups in total. The fourth-order valence-electron chi connectivity index (χ4n) is 1.90. The molecule has 2 rings (SSSR count). The molecule has 0 aliphatic carbocycles. The van der Waals surface area contributed by atoms with Crippen molar-refractivity contribution in [1.82, 2.24) is 4.90 Å². The lowest BCUT2D eigenvalue weighted by Gasteiger charge is -2.16. The molecule has 2 nitrogen and oxygen atoms in total. The number of carbonyl (C=O) groups excluding carboxylic acids is 1. The Morgan fingerprint density at radius 2 is 1.81 bits per heavy atom. The molecule has 1 amide bonds. The zero-order valence-electron chi connectivity index (χ0n) is 9.09. The Morgan fingerprint density at radius 1 is 1.19 bits per heavy atom. The molecule has 16 heavy (non-hydrogen) atoms. The third-order valence-corrected chi connectivity index (χ3v) is 3.88. The number of nitrogens with zero attached hydrogens (tertiary/aromatic N) is 1. The summed E-state index contributed by atoms with van der Waals surface area (Å²) in [4.78, 5) is 13.9. The average Bonchev–Trinajstić information content (AvgIpc) is 2.79. The highest BCUT2D eigenvalue weighted by molar-refractivity contribution is 6.44. The first kappa shape index (κ1) is 11.7. The average molecular weight is 258 g/mol. The van der Waals surface area contributed by atoms with Crippen molar-refractivity contribution in [3.05, 3.63) is 33.3 Å². The molecule has 0 bridgehead atoms. The SMILES string of the molecule is Cc1ccc(C(=O)N2CCCC2)c(Cl)c1Cl. The van der Waals surface area contributed by atoms with Crippen LogP contribution >= 0.6 is 23.2 Å². The Bertz CT molecular complexity index is 425. The van der Waals surface area contributed by atoms with E-state index in [-0.39, 0.29) is 5.91 Å². The number of hydrogen-bond acceptors (Lipinski definition) is 1. The largest absolute Gasteiger partial charge is 0.339 e. The summed E-state index contributed by atoms with van der Waals surface area (Å²) in [7, 11) is 0. The molecule has 0 aromatic heterocycles. The molecule has 0 spiro atoms.